The summed E-state index contributed by atoms with van der Waals surface area (Å²) in [5.41, 5.74) is -1.10. The van der Waals surface area contributed by atoms with Crippen molar-refractivity contribution in [1.29, 1.82) is 0 Å². The van der Waals surface area contributed by atoms with E-state index in [1.807, 2.05) is 0 Å². The summed E-state index contributed by atoms with van der Waals surface area (Å²) in [5.74, 6) is -2.17. The van der Waals surface area contributed by atoms with Crippen molar-refractivity contribution in [3.63, 3.8) is 0 Å². The number of carbonyl (C=O) groups is 4. The minimum atomic E-state index is -1.69. The molecule has 5 rings (SSSR count). The maximum atomic E-state index is 14.9. The minimum absolute atomic E-state index is 0.0634. The van der Waals surface area contributed by atoms with Gasteiger partial charge in [0.2, 0.25) is 5.91 Å². The largest absolute Gasteiger partial charge is 0.497 e. The lowest BCUT2D eigenvalue weighted by molar-refractivity contribution is -0.153. The van der Waals surface area contributed by atoms with E-state index in [0.29, 0.717) is 22.7 Å². The number of furan rings is 1. The van der Waals surface area contributed by atoms with Crippen LogP contribution >= 0.6 is 0 Å². The van der Waals surface area contributed by atoms with Crippen LogP contribution in [0.3, 0.4) is 0 Å². The number of rotatable bonds is 8. The Kier molecular flexibility index (Phi) is 7.88. The van der Waals surface area contributed by atoms with Crippen molar-refractivity contribution < 1.29 is 33.4 Å². The number of ether oxygens (including phenoxy) is 1. The fraction of sp³-hybridized carbons (Fsp3) is 0.303. The van der Waals surface area contributed by atoms with Gasteiger partial charge in [-0.15, -0.1) is 0 Å². The number of anilines is 1. The number of benzene rings is 2. The van der Waals surface area contributed by atoms with Crippen molar-refractivity contribution >= 4 is 46.0 Å². The number of pyridine rings is 1. The fourth-order valence-corrected chi connectivity index (χ4v) is 6.09. The van der Waals surface area contributed by atoms with Gasteiger partial charge in [-0.05, 0) is 69.7 Å². The summed E-state index contributed by atoms with van der Waals surface area (Å²) in [6.45, 7) is 6.14. The molecule has 0 spiro atoms. The number of quaternary nitrogens is 1. The average Bonchev–Trinajstić information content (AvgIpc) is 3.41. The average molecular weight is 615 g/mol. The number of nitrogens with zero attached hydrogens (tertiary/aromatic N) is 4. The van der Waals surface area contributed by atoms with Crippen molar-refractivity contribution in [2.24, 2.45) is 5.41 Å². The highest BCUT2D eigenvalue weighted by Crippen LogP contribution is 2.47. The first-order valence-corrected chi connectivity index (χ1v) is 14.3. The number of hydrogen-bond acceptors (Lipinski definition) is 7. The monoisotopic (exact) mass is 614 g/mol. The summed E-state index contributed by atoms with van der Waals surface area (Å²) in [5, 5.41) is 14.3. The molecule has 2 unspecified atom stereocenters. The van der Waals surface area contributed by atoms with Crippen LogP contribution in [-0.4, -0.2) is 54.1 Å². The van der Waals surface area contributed by atoms with Crippen LogP contribution in [0.1, 0.15) is 48.6 Å². The quantitative estimate of drug-likeness (QED) is 0.231. The Bertz CT molecular complexity index is 1910. The number of aromatic nitrogens is 1. The van der Waals surface area contributed by atoms with Crippen LogP contribution in [0.2, 0.25) is 0 Å². The molecule has 0 fully saturated rings. The third kappa shape index (κ3) is 4.96. The maximum absolute atomic E-state index is 14.9. The van der Waals surface area contributed by atoms with E-state index >= 15 is 0 Å². The Hall–Kier alpha value is -5.23. The van der Waals surface area contributed by atoms with Crippen LogP contribution in [0.4, 0.5) is 11.4 Å². The van der Waals surface area contributed by atoms with Gasteiger partial charge in [0.25, 0.3) is 11.7 Å². The first-order chi connectivity index (χ1) is 21.3. The van der Waals surface area contributed by atoms with E-state index in [2.05, 4.69) is 5.32 Å². The number of carboxylic acid groups (broad SMARTS) is 1. The number of methoxy groups -OCH3 is 1. The van der Waals surface area contributed by atoms with E-state index in [1.54, 1.807) is 50.2 Å². The molecule has 45 heavy (non-hydrogen) atoms. The van der Waals surface area contributed by atoms with Crippen molar-refractivity contribution in [2.75, 3.05) is 25.6 Å². The summed E-state index contributed by atoms with van der Waals surface area (Å²) in [6.07, 6.45) is -0.211. The summed E-state index contributed by atoms with van der Waals surface area (Å²) >= 11 is 0. The summed E-state index contributed by atoms with van der Waals surface area (Å²) in [4.78, 5) is 70.5. The number of hydrogen-bond donors (Lipinski definition) is 1. The van der Waals surface area contributed by atoms with E-state index in [-0.39, 0.29) is 35.4 Å². The lowest BCUT2D eigenvalue weighted by atomic mass is 9.88. The molecule has 2 aromatic heterocycles. The zero-order valence-corrected chi connectivity index (χ0v) is 25.9. The van der Waals surface area contributed by atoms with Crippen molar-refractivity contribution in [3.05, 3.63) is 88.0 Å². The number of likely N-dealkylation sites (N-methyl/N-ethyl adjacent to an activating group) is 1. The van der Waals surface area contributed by atoms with Gasteiger partial charge < -0.3 is 19.2 Å². The molecule has 12 heteroatoms. The number of aryl methyl sites for hydroxylation is 1. The van der Waals surface area contributed by atoms with Crippen LogP contribution in [0.15, 0.2) is 70.0 Å². The third-order valence-corrected chi connectivity index (χ3v) is 8.46. The van der Waals surface area contributed by atoms with E-state index in [9.17, 15) is 29.1 Å². The van der Waals surface area contributed by atoms with E-state index in [4.69, 9.17) is 9.15 Å². The van der Waals surface area contributed by atoms with Gasteiger partial charge >= 0.3 is 17.8 Å². The standard InChI is InChI=1S/C33H33N4O8/c1-7-37(25-13-10-21(30(40)41)17-24(25)35(5)31(42)33(3,4)32(37)43)28(27(38)34-18-20-8-11-22(44-6)12-9-20)36-15-14-26-23(29(36)39)16-19(2)45-26/h8-17,28H,7,18H2,1-6H3/p+1. The Morgan fingerprint density at radius 2 is 1.76 bits per heavy atom. The van der Waals surface area contributed by atoms with Gasteiger partial charge in [0.1, 0.15) is 22.8 Å². The minimum Gasteiger partial charge on any atom is -0.497 e. The Morgan fingerprint density at radius 3 is 2.38 bits per heavy atom. The molecule has 3 heterocycles. The van der Waals surface area contributed by atoms with Gasteiger partial charge in [-0.25, -0.2) is 14.9 Å². The molecule has 3 amide bonds. The first kappa shape index (κ1) is 31.2. The summed E-state index contributed by atoms with van der Waals surface area (Å²) in [6, 6.07) is 14.1. The van der Waals surface area contributed by atoms with Crippen LogP contribution in [-0.2, 0) is 20.9 Å². The molecule has 0 bridgehead atoms. The molecule has 12 nitrogen and oxygen atoms in total. The maximum Gasteiger partial charge on any atom is 0.336 e. The smallest absolute Gasteiger partial charge is 0.336 e. The lowest BCUT2D eigenvalue weighted by Gasteiger charge is -2.42. The summed E-state index contributed by atoms with van der Waals surface area (Å²) in [7, 11) is 2.99. The molecular weight excluding hydrogens is 580 g/mol. The molecule has 2 atom stereocenters. The van der Waals surface area contributed by atoms with Gasteiger partial charge in [-0.1, -0.05) is 12.1 Å². The molecular formula is C33H34N4O8+. The van der Waals surface area contributed by atoms with Gasteiger partial charge in [0.05, 0.1) is 31.1 Å². The van der Waals surface area contributed by atoms with Gasteiger partial charge in [0.15, 0.2) is 11.1 Å². The highest BCUT2D eigenvalue weighted by atomic mass is 16.5. The van der Waals surface area contributed by atoms with E-state index in [1.165, 1.54) is 61.9 Å². The second-order valence-corrected chi connectivity index (χ2v) is 11.5. The van der Waals surface area contributed by atoms with Gasteiger partial charge in [-0.2, -0.15) is 4.48 Å². The van der Waals surface area contributed by atoms with Crippen molar-refractivity contribution in [3.8, 4) is 5.75 Å². The Labute approximate surface area is 259 Å². The highest BCUT2D eigenvalue weighted by molar-refractivity contribution is 6.19. The second-order valence-electron chi connectivity index (χ2n) is 11.5. The second kappa shape index (κ2) is 11.4. The predicted octanol–water partition coefficient (Wildman–Crippen LogP) is 4.00. The number of amides is 3. The predicted molar refractivity (Wildman–Crippen MR) is 166 cm³/mol. The van der Waals surface area contributed by atoms with E-state index in [0.717, 1.165) is 0 Å². The Morgan fingerprint density at radius 1 is 1.07 bits per heavy atom. The molecule has 1 aliphatic rings. The molecule has 0 saturated heterocycles. The van der Waals surface area contributed by atoms with Crippen molar-refractivity contribution in [1.82, 2.24) is 14.4 Å². The van der Waals surface area contributed by atoms with Crippen LogP contribution in [0, 0.1) is 12.3 Å². The van der Waals surface area contributed by atoms with E-state index < -0.39 is 45.3 Å². The SMILES string of the molecule is CC[N+]1(C(C(=O)[N]Cc2ccc(OC)cc2)n2ccc3oc(C)cc3c2=O)C(=O)C(C)(C)C(=O)N(C)c2cc(C(=O)O)ccc21. The molecule has 4 aromatic rings. The third-order valence-electron chi connectivity index (χ3n) is 8.46. The molecule has 0 saturated carbocycles. The number of fused-ring (bicyclic) bond motifs is 2. The molecule has 1 N–H and O–H groups in total. The molecule has 0 aliphatic carbocycles. The summed E-state index contributed by atoms with van der Waals surface area (Å²) < 4.78 is 11.2. The number of carboxylic acids is 1. The Balaban J connectivity index is 1.80. The molecule has 1 radical (unpaired) electrons. The topological polar surface area (TPSA) is 150 Å². The van der Waals surface area contributed by atoms with Crippen molar-refractivity contribution in [2.45, 2.75) is 40.4 Å². The molecule has 1 aliphatic heterocycles. The zero-order valence-electron chi connectivity index (χ0n) is 25.9. The van der Waals surface area contributed by atoms with Crippen LogP contribution in [0.5, 0.6) is 5.75 Å². The molecule has 233 valence electrons. The highest BCUT2D eigenvalue weighted by Gasteiger charge is 2.61. The fourth-order valence-electron chi connectivity index (χ4n) is 6.09. The zero-order chi connectivity index (χ0) is 32.8. The lowest BCUT2D eigenvalue weighted by Crippen LogP contribution is -2.66. The normalized spacial score (nSPS) is 18.3. The van der Waals surface area contributed by atoms with Crippen LogP contribution < -0.4 is 25.0 Å². The number of aromatic carboxylic acids is 1. The van der Waals surface area contributed by atoms with Crippen LogP contribution in [0.25, 0.3) is 11.0 Å². The van der Waals surface area contributed by atoms with Gasteiger partial charge in [-0.3, -0.25) is 19.0 Å². The van der Waals surface area contributed by atoms with Gasteiger partial charge in [0, 0.05) is 19.3 Å². The first-order valence-electron chi connectivity index (χ1n) is 14.3. The molecule has 2 aromatic carbocycles. The number of carbonyl (C=O) groups excluding carboxylic acids is 3.